The van der Waals surface area contributed by atoms with Crippen LogP contribution in [-0.2, 0) is 16.0 Å². The van der Waals surface area contributed by atoms with Gasteiger partial charge in [-0.3, -0.25) is 14.9 Å². The molecule has 3 N–H and O–H groups in total. The number of carbonyl (C=O) groups excluding carboxylic acids is 2. The molecular weight excluding hydrogens is 272 g/mol. The summed E-state index contributed by atoms with van der Waals surface area (Å²) in [5.74, 6) is -1.72. The molecule has 0 fully saturated rings. The van der Waals surface area contributed by atoms with Crippen LogP contribution >= 0.6 is 0 Å². The van der Waals surface area contributed by atoms with E-state index in [2.05, 4.69) is 10.6 Å². The van der Waals surface area contributed by atoms with Crippen LogP contribution in [0.1, 0.15) is 32.8 Å². The maximum atomic E-state index is 11.8. The van der Waals surface area contributed by atoms with Crippen molar-refractivity contribution in [1.82, 2.24) is 5.32 Å². The second-order valence-corrected chi connectivity index (χ2v) is 5.38. The number of amides is 3. The number of benzene rings is 1. The molecule has 0 aliphatic heterocycles. The van der Waals surface area contributed by atoms with Crippen molar-refractivity contribution in [3.63, 3.8) is 0 Å². The molecule has 0 radical (unpaired) electrons. The Balaban J connectivity index is 2.62. The number of urea groups is 1. The highest BCUT2D eigenvalue weighted by atomic mass is 16.4. The summed E-state index contributed by atoms with van der Waals surface area (Å²) in [6.45, 7) is 4.82. The molecule has 0 aromatic heterocycles. The molecule has 0 unspecified atom stereocenters. The van der Waals surface area contributed by atoms with Gasteiger partial charge in [-0.15, -0.1) is 0 Å². The fourth-order valence-electron chi connectivity index (χ4n) is 1.75. The molecule has 1 aromatic carbocycles. The van der Waals surface area contributed by atoms with E-state index in [9.17, 15) is 14.4 Å². The van der Waals surface area contributed by atoms with Gasteiger partial charge in [0.05, 0.1) is 5.41 Å². The first-order chi connectivity index (χ1) is 9.76. The summed E-state index contributed by atoms with van der Waals surface area (Å²) in [7, 11) is 0. The van der Waals surface area contributed by atoms with Crippen molar-refractivity contribution in [3.8, 4) is 0 Å². The van der Waals surface area contributed by atoms with Crippen LogP contribution in [0.25, 0.3) is 0 Å². The molecule has 0 saturated carbocycles. The summed E-state index contributed by atoms with van der Waals surface area (Å²) < 4.78 is 0. The average Bonchev–Trinajstić information content (AvgIpc) is 2.38. The van der Waals surface area contributed by atoms with E-state index in [1.54, 1.807) is 12.1 Å². The third kappa shape index (κ3) is 4.91. The molecule has 0 aliphatic rings. The SMILES string of the molecule is CCc1ccccc1NC(=O)NC(=O)CC(C)(C)C(=O)O. The number of hydrogen-bond donors (Lipinski definition) is 3. The van der Waals surface area contributed by atoms with E-state index in [-0.39, 0.29) is 6.42 Å². The maximum Gasteiger partial charge on any atom is 0.325 e. The number of anilines is 1. The van der Waals surface area contributed by atoms with Gasteiger partial charge in [0.15, 0.2) is 0 Å². The van der Waals surface area contributed by atoms with Gasteiger partial charge < -0.3 is 10.4 Å². The molecule has 21 heavy (non-hydrogen) atoms. The lowest BCUT2D eigenvalue weighted by Crippen LogP contribution is -2.38. The van der Waals surface area contributed by atoms with Gasteiger partial charge in [-0.1, -0.05) is 25.1 Å². The van der Waals surface area contributed by atoms with E-state index in [0.717, 1.165) is 12.0 Å². The molecule has 3 amide bonds. The van der Waals surface area contributed by atoms with Gasteiger partial charge in [-0.25, -0.2) is 4.79 Å². The van der Waals surface area contributed by atoms with Crippen LogP contribution in [0.4, 0.5) is 10.5 Å². The first kappa shape index (κ1) is 16.7. The normalized spacial score (nSPS) is 10.8. The van der Waals surface area contributed by atoms with Gasteiger partial charge >= 0.3 is 12.0 Å². The van der Waals surface area contributed by atoms with E-state index >= 15 is 0 Å². The molecule has 0 spiro atoms. The minimum atomic E-state index is -1.22. The second-order valence-electron chi connectivity index (χ2n) is 5.38. The van der Waals surface area contributed by atoms with Crippen molar-refractivity contribution in [2.45, 2.75) is 33.6 Å². The minimum absolute atomic E-state index is 0.273. The number of carboxylic acid groups (broad SMARTS) is 1. The van der Waals surface area contributed by atoms with Crippen molar-refractivity contribution in [2.24, 2.45) is 5.41 Å². The zero-order valence-electron chi connectivity index (χ0n) is 12.4. The number of para-hydroxylation sites is 1. The standard InChI is InChI=1S/C15H20N2O4/c1-4-10-7-5-6-8-11(10)16-14(21)17-12(18)9-15(2,3)13(19)20/h5-8H,4,9H2,1-3H3,(H,19,20)(H2,16,17,18,21). The smallest absolute Gasteiger partial charge is 0.325 e. The maximum absolute atomic E-state index is 11.8. The van der Waals surface area contributed by atoms with Crippen LogP contribution in [0.3, 0.4) is 0 Å². The first-order valence-electron chi connectivity index (χ1n) is 6.68. The number of aliphatic carboxylic acids is 1. The largest absolute Gasteiger partial charge is 0.481 e. The van der Waals surface area contributed by atoms with Crippen molar-refractivity contribution in [3.05, 3.63) is 29.8 Å². The van der Waals surface area contributed by atoms with E-state index in [0.29, 0.717) is 5.69 Å². The fourth-order valence-corrected chi connectivity index (χ4v) is 1.75. The summed E-state index contributed by atoms with van der Waals surface area (Å²) in [5, 5.41) is 13.7. The van der Waals surface area contributed by atoms with Crippen LogP contribution in [-0.4, -0.2) is 23.0 Å². The van der Waals surface area contributed by atoms with Crippen molar-refractivity contribution >= 4 is 23.6 Å². The van der Waals surface area contributed by atoms with Gasteiger partial charge in [-0.05, 0) is 31.9 Å². The molecule has 6 heteroatoms. The average molecular weight is 292 g/mol. The molecule has 0 heterocycles. The Hall–Kier alpha value is -2.37. The van der Waals surface area contributed by atoms with E-state index in [4.69, 9.17) is 5.11 Å². The molecular formula is C15H20N2O4. The van der Waals surface area contributed by atoms with Crippen LogP contribution in [0.5, 0.6) is 0 Å². The van der Waals surface area contributed by atoms with Crippen molar-refractivity contribution < 1.29 is 19.5 Å². The second kappa shape index (κ2) is 6.88. The highest BCUT2D eigenvalue weighted by Gasteiger charge is 2.30. The number of imide groups is 1. The van der Waals surface area contributed by atoms with E-state index in [1.807, 2.05) is 19.1 Å². The summed E-state index contributed by atoms with van der Waals surface area (Å²) in [4.78, 5) is 34.4. The van der Waals surface area contributed by atoms with Gasteiger partial charge in [-0.2, -0.15) is 0 Å². The first-order valence-corrected chi connectivity index (χ1v) is 6.68. The molecule has 1 aromatic rings. The highest BCUT2D eigenvalue weighted by Crippen LogP contribution is 2.20. The Morgan fingerprint density at radius 1 is 1.19 bits per heavy atom. The Labute approximate surface area is 123 Å². The van der Waals surface area contributed by atoms with Gasteiger partial charge in [0.25, 0.3) is 0 Å². The van der Waals surface area contributed by atoms with E-state index < -0.39 is 23.3 Å². The summed E-state index contributed by atoms with van der Waals surface area (Å²) >= 11 is 0. The van der Waals surface area contributed by atoms with Crippen LogP contribution < -0.4 is 10.6 Å². The predicted molar refractivity (Wildman–Crippen MR) is 79.0 cm³/mol. The molecule has 0 aliphatic carbocycles. The summed E-state index contributed by atoms with van der Waals surface area (Å²) in [6.07, 6.45) is 0.474. The molecule has 1 rings (SSSR count). The molecule has 0 atom stereocenters. The van der Waals surface area contributed by atoms with Crippen LogP contribution in [0.2, 0.25) is 0 Å². The van der Waals surface area contributed by atoms with Crippen LogP contribution in [0, 0.1) is 5.41 Å². The molecule has 114 valence electrons. The monoisotopic (exact) mass is 292 g/mol. The van der Waals surface area contributed by atoms with Gasteiger partial charge in [0.2, 0.25) is 5.91 Å². The number of nitrogens with one attached hydrogen (secondary N) is 2. The highest BCUT2D eigenvalue weighted by molar-refractivity contribution is 6.02. The summed E-state index contributed by atoms with van der Waals surface area (Å²) in [5.41, 5.74) is 0.361. The van der Waals surface area contributed by atoms with Crippen molar-refractivity contribution in [2.75, 3.05) is 5.32 Å². The number of hydrogen-bond acceptors (Lipinski definition) is 3. The third-order valence-corrected chi connectivity index (χ3v) is 3.08. The minimum Gasteiger partial charge on any atom is -0.481 e. The molecule has 0 saturated heterocycles. The zero-order chi connectivity index (χ0) is 16.0. The lowest BCUT2D eigenvalue weighted by molar-refractivity contribution is -0.149. The predicted octanol–water partition coefficient (Wildman–Crippen LogP) is 2.40. The third-order valence-electron chi connectivity index (χ3n) is 3.08. The van der Waals surface area contributed by atoms with Gasteiger partial charge in [0, 0.05) is 12.1 Å². The van der Waals surface area contributed by atoms with E-state index in [1.165, 1.54) is 13.8 Å². The summed E-state index contributed by atoms with van der Waals surface area (Å²) in [6, 6.07) is 6.60. The molecule has 0 bridgehead atoms. The lowest BCUT2D eigenvalue weighted by Gasteiger charge is -2.18. The van der Waals surface area contributed by atoms with Crippen LogP contribution in [0.15, 0.2) is 24.3 Å². The Morgan fingerprint density at radius 2 is 1.81 bits per heavy atom. The zero-order valence-corrected chi connectivity index (χ0v) is 12.4. The number of aryl methyl sites for hydroxylation is 1. The molecule has 6 nitrogen and oxygen atoms in total. The number of rotatable bonds is 5. The fraction of sp³-hybridized carbons (Fsp3) is 0.400. The Morgan fingerprint density at radius 3 is 2.38 bits per heavy atom. The quantitative estimate of drug-likeness (QED) is 0.776. The lowest BCUT2D eigenvalue weighted by atomic mass is 9.89. The van der Waals surface area contributed by atoms with Crippen molar-refractivity contribution in [1.29, 1.82) is 0 Å². The number of carbonyl (C=O) groups is 3. The topological polar surface area (TPSA) is 95.5 Å². The van der Waals surface area contributed by atoms with Gasteiger partial charge in [0.1, 0.15) is 0 Å². The Kier molecular flexibility index (Phi) is 5.46. The Bertz CT molecular complexity index is 552. The number of carboxylic acids is 1.